The highest BCUT2D eigenvalue weighted by molar-refractivity contribution is 7.17. The van der Waals surface area contributed by atoms with Gasteiger partial charge in [-0.2, -0.15) is 5.10 Å². The second-order valence-corrected chi connectivity index (χ2v) is 7.17. The number of hydrogen-bond donors (Lipinski definition) is 2. The molecule has 2 heterocycles. The Morgan fingerprint density at radius 2 is 2.00 bits per heavy atom. The van der Waals surface area contributed by atoms with Gasteiger partial charge in [0.1, 0.15) is 10.8 Å². The predicted molar refractivity (Wildman–Crippen MR) is 113 cm³/mol. The van der Waals surface area contributed by atoms with Gasteiger partial charge in [-0.15, -0.1) is 16.4 Å². The van der Waals surface area contributed by atoms with Crippen LogP contribution in [-0.2, 0) is 6.54 Å². The average molecular weight is 398 g/mol. The predicted octanol–water partition coefficient (Wildman–Crippen LogP) is 2.78. The molecule has 4 N–H and O–H groups in total. The van der Waals surface area contributed by atoms with E-state index in [1.165, 1.54) is 0 Å². The smallest absolute Gasteiger partial charge is 0.211 e. The second kappa shape index (κ2) is 9.14. The van der Waals surface area contributed by atoms with Crippen molar-refractivity contribution in [3.05, 3.63) is 53.6 Å². The van der Waals surface area contributed by atoms with E-state index in [1.54, 1.807) is 17.5 Å². The highest BCUT2D eigenvalue weighted by Gasteiger charge is 2.12. The van der Waals surface area contributed by atoms with Crippen molar-refractivity contribution in [3.8, 4) is 16.3 Å². The van der Waals surface area contributed by atoms with E-state index in [-0.39, 0.29) is 5.96 Å². The SMILES string of the molecule is C/C(=N\N=C(N)N)c1sc(-c2ccc(OCCCn3ccnc3)cc2)nc1C. The summed E-state index contributed by atoms with van der Waals surface area (Å²) in [6, 6.07) is 7.94. The lowest BCUT2D eigenvalue weighted by atomic mass is 10.2. The standard InChI is InChI=1S/C19H23N7OS/c1-13-17(14(2)24-25-19(20)21)28-18(23-13)15-4-6-16(7-5-15)27-11-3-9-26-10-8-22-12-26/h4-8,10,12H,3,9,11H2,1-2H3,(H4,20,21,25)/b24-14+. The largest absolute Gasteiger partial charge is 0.494 e. The van der Waals surface area contributed by atoms with Gasteiger partial charge in [-0.25, -0.2) is 9.97 Å². The van der Waals surface area contributed by atoms with Crippen LogP contribution in [0.3, 0.4) is 0 Å². The number of hydrogen-bond acceptors (Lipinski definition) is 6. The number of aryl methyl sites for hydroxylation is 2. The van der Waals surface area contributed by atoms with E-state index in [9.17, 15) is 0 Å². The van der Waals surface area contributed by atoms with Crippen molar-refractivity contribution < 1.29 is 4.74 Å². The Hall–Kier alpha value is -3.20. The molecule has 28 heavy (non-hydrogen) atoms. The molecule has 2 aromatic heterocycles. The van der Waals surface area contributed by atoms with E-state index >= 15 is 0 Å². The molecule has 0 aliphatic rings. The summed E-state index contributed by atoms with van der Waals surface area (Å²) in [6.07, 6.45) is 6.45. The van der Waals surface area contributed by atoms with Gasteiger partial charge < -0.3 is 20.8 Å². The first-order chi connectivity index (χ1) is 13.5. The number of ether oxygens (including phenoxy) is 1. The molecule has 1 aromatic carbocycles. The van der Waals surface area contributed by atoms with Crippen LogP contribution < -0.4 is 16.2 Å². The Bertz CT molecular complexity index is 955. The highest BCUT2D eigenvalue weighted by atomic mass is 32.1. The number of rotatable bonds is 8. The average Bonchev–Trinajstić information content (AvgIpc) is 3.33. The second-order valence-electron chi connectivity index (χ2n) is 6.17. The lowest BCUT2D eigenvalue weighted by molar-refractivity contribution is 0.302. The third kappa shape index (κ3) is 5.17. The van der Waals surface area contributed by atoms with E-state index in [0.29, 0.717) is 6.61 Å². The molecule has 146 valence electrons. The zero-order chi connectivity index (χ0) is 19.9. The molecule has 3 aromatic rings. The maximum atomic E-state index is 5.81. The number of nitrogens with zero attached hydrogens (tertiary/aromatic N) is 5. The Balaban J connectivity index is 1.61. The summed E-state index contributed by atoms with van der Waals surface area (Å²) in [6.45, 7) is 5.34. The van der Waals surface area contributed by atoms with Gasteiger partial charge in [-0.1, -0.05) is 0 Å². The van der Waals surface area contributed by atoms with Crippen LogP contribution in [0.25, 0.3) is 10.6 Å². The van der Waals surface area contributed by atoms with Crippen molar-refractivity contribution in [1.82, 2.24) is 14.5 Å². The van der Waals surface area contributed by atoms with E-state index in [1.807, 2.05) is 55.2 Å². The van der Waals surface area contributed by atoms with Crippen molar-refractivity contribution in [2.75, 3.05) is 6.61 Å². The molecule has 3 rings (SSSR count). The normalized spacial score (nSPS) is 11.4. The third-order valence-corrected chi connectivity index (χ3v) is 5.25. The minimum Gasteiger partial charge on any atom is -0.494 e. The molecule has 0 spiro atoms. The minimum atomic E-state index is -0.0673. The van der Waals surface area contributed by atoms with E-state index < -0.39 is 0 Å². The van der Waals surface area contributed by atoms with Gasteiger partial charge in [0, 0.05) is 24.5 Å². The summed E-state index contributed by atoms with van der Waals surface area (Å²) in [4.78, 5) is 9.62. The van der Waals surface area contributed by atoms with Crippen molar-refractivity contribution in [2.24, 2.45) is 21.7 Å². The van der Waals surface area contributed by atoms with E-state index in [0.717, 1.165) is 45.6 Å². The number of imidazole rings is 1. The van der Waals surface area contributed by atoms with Crippen molar-refractivity contribution >= 4 is 23.0 Å². The van der Waals surface area contributed by atoms with E-state index in [4.69, 9.17) is 16.2 Å². The van der Waals surface area contributed by atoms with Crippen molar-refractivity contribution in [1.29, 1.82) is 0 Å². The summed E-state index contributed by atoms with van der Waals surface area (Å²) < 4.78 is 7.84. The lowest BCUT2D eigenvalue weighted by Gasteiger charge is -2.07. The van der Waals surface area contributed by atoms with Gasteiger partial charge in [-0.3, -0.25) is 0 Å². The van der Waals surface area contributed by atoms with E-state index in [2.05, 4.69) is 20.2 Å². The molecule has 0 amide bonds. The first-order valence-corrected chi connectivity index (χ1v) is 9.64. The molecule has 9 heteroatoms. The van der Waals surface area contributed by atoms with Crippen LogP contribution in [0.4, 0.5) is 0 Å². The monoisotopic (exact) mass is 397 g/mol. The topological polar surface area (TPSA) is 117 Å². The van der Waals surface area contributed by atoms with Crippen LogP contribution in [0.5, 0.6) is 5.75 Å². The van der Waals surface area contributed by atoms with Gasteiger partial charge in [-0.05, 0) is 44.5 Å². The first kappa shape index (κ1) is 19.6. The van der Waals surface area contributed by atoms with Gasteiger partial charge in [0.25, 0.3) is 0 Å². The molecule has 0 bridgehead atoms. The number of thiazole rings is 1. The lowest BCUT2D eigenvalue weighted by Crippen LogP contribution is -2.22. The molecule has 8 nitrogen and oxygen atoms in total. The number of benzene rings is 1. The summed E-state index contributed by atoms with van der Waals surface area (Å²) in [7, 11) is 0. The Labute approximate surface area is 167 Å². The zero-order valence-electron chi connectivity index (χ0n) is 15.9. The fraction of sp³-hybridized carbons (Fsp3) is 0.263. The van der Waals surface area contributed by atoms with Crippen LogP contribution in [0, 0.1) is 6.92 Å². The van der Waals surface area contributed by atoms with Crippen LogP contribution in [0.2, 0.25) is 0 Å². The Morgan fingerprint density at radius 1 is 1.21 bits per heavy atom. The summed E-state index contributed by atoms with van der Waals surface area (Å²) >= 11 is 1.56. The quantitative estimate of drug-likeness (QED) is 0.262. The Morgan fingerprint density at radius 3 is 2.68 bits per heavy atom. The number of guanidine groups is 1. The maximum Gasteiger partial charge on any atom is 0.211 e. The van der Waals surface area contributed by atoms with Gasteiger partial charge in [0.15, 0.2) is 0 Å². The summed E-state index contributed by atoms with van der Waals surface area (Å²) in [5.74, 6) is 0.774. The van der Waals surface area contributed by atoms with Crippen molar-refractivity contribution in [3.63, 3.8) is 0 Å². The van der Waals surface area contributed by atoms with Crippen LogP contribution in [0.1, 0.15) is 23.9 Å². The fourth-order valence-electron chi connectivity index (χ4n) is 2.58. The van der Waals surface area contributed by atoms with Gasteiger partial charge in [0.05, 0.1) is 29.2 Å². The molecule has 0 fully saturated rings. The molecule has 0 radical (unpaired) electrons. The molecule has 0 saturated carbocycles. The van der Waals surface area contributed by atoms with Crippen LogP contribution in [0.15, 0.2) is 53.2 Å². The molecule has 0 aliphatic carbocycles. The van der Waals surface area contributed by atoms with Crippen LogP contribution >= 0.6 is 11.3 Å². The maximum absolute atomic E-state index is 5.81. The summed E-state index contributed by atoms with van der Waals surface area (Å²) in [5, 5.41) is 8.66. The summed E-state index contributed by atoms with van der Waals surface area (Å²) in [5.41, 5.74) is 13.3. The fourth-order valence-corrected chi connectivity index (χ4v) is 3.60. The highest BCUT2D eigenvalue weighted by Crippen LogP contribution is 2.29. The first-order valence-electron chi connectivity index (χ1n) is 8.83. The Kier molecular flexibility index (Phi) is 6.38. The third-order valence-electron chi connectivity index (χ3n) is 3.93. The van der Waals surface area contributed by atoms with Crippen molar-refractivity contribution in [2.45, 2.75) is 26.8 Å². The van der Waals surface area contributed by atoms with Crippen LogP contribution in [-0.4, -0.2) is 32.8 Å². The molecule has 0 saturated heterocycles. The molecule has 0 aliphatic heterocycles. The van der Waals surface area contributed by atoms with Gasteiger partial charge in [0.2, 0.25) is 5.96 Å². The van der Waals surface area contributed by atoms with Gasteiger partial charge >= 0.3 is 0 Å². The molecule has 0 unspecified atom stereocenters. The molecular weight excluding hydrogens is 374 g/mol. The zero-order valence-corrected chi connectivity index (χ0v) is 16.7. The minimum absolute atomic E-state index is 0.0673. The molecular formula is C19H23N7OS. The number of nitrogens with two attached hydrogens (primary N) is 2. The molecule has 0 atom stereocenters. The number of aromatic nitrogens is 3.